The topological polar surface area (TPSA) is 72.9 Å². The Morgan fingerprint density at radius 3 is 2.62 bits per heavy atom. The molecular weight excluding hydrogens is 294 g/mol. The van der Waals surface area contributed by atoms with Crippen molar-refractivity contribution in [2.45, 2.75) is 24.3 Å². The molecule has 0 aliphatic carbocycles. The van der Waals surface area contributed by atoms with Gasteiger partial charge in [0.1, 0.15) is 0 Å². The molecule has 1 fully saturated rings. The number of morpholine rings is 1. The van der Waals surface area contributed by atoms with Crippen LogP contribution in [0.3, 0.4) is 0 Å². The van der Waals surface area contributed by atoms with Crippen LogP contribution in [0.1, 0.15) is 12.5 Å². The van der Waals surface area contributed by atoms with Gasteiger partial charge >= 0.3 is 5.97 Å². The van der Waals surface area contributed by atoms with Crippen LogP contribution in [0.25, 0.3) is 0 Å². The summed E-state index contributed by atoms with van der Waals surface area (Å²) in [6.45, 7) is 2.96. The summed E-state index contributed by atoms with van der Waals surface area (Å²) in [7, 11) is -2.19. The normalized spacial score (nSPS) is 20.2. The van der Waals surface area contributed by atoms with E-state index >= 15 is 0 Å². The zero-order valence-electron chi connectivity index (χ0n) is 12.1. The smallest absolute Gasteiger partial charge is 0.309 e. The van der Waals surface area contributed by atoms with Crippen LogP contribution in [0.2, 0.25) is 0 Å². The molecule has 7 heteroatoms. The van der Waals surface area contributed by atoms with E-state index < -0.39 is 10.0 Å². The van der Waals surface area contributed by atoms with Crippen LogP contribution in [0.4, 0.5) is 0 Å². The molecule has 1 unspecified atom stereocenters. The molecule has 2 rings (SSSR count). The Balaban J connectivity index is 2.15. The number of methoxy groups -OCH3 is 1. The Bertz CT molecular complexity index is 596. The Morgan fingerprint density at radius 2 is 2.05 bits per heavy atom. The number of ether oxygens (including phenoxy) is 2. The van der Waals surface area contributed by atoms with E-state index in [9.17, 15) is 13.2 Å². The van der Waals surface area contributed by atoms with Crippen molar-refractivity contribution in [3.63, 3.8) is 0 Å². The summed E-state index contributed by atoms with van der Waals surface area (Å²) >= 11 is 0. The summed E-state index contributed by atoms with van der Waals surface area (Å²) in [6, 6.07) is 6.31. The fourth-order valence-corrected chi connectivity index (χ4v) is 3.67. The van der Waals surface area contributed by atoms with E-state index in [0.717, 1.165) is 5.56 Å². The minimum atomic E-state index is -3.51. The number of carbonyl (C=O) groups is 1. The number of hydrogen-bond donors (Lipinski definition) is 0. The number of nitrogens with zero attached hydrogens (tertiary/aromatic N) is 1. The van der Waals surface area contributed by atoms with Gasteiger partial charge in [-0.25, -0.2) is 8.42 Å². The fourth-order valence-electron chi connectivity index (χ4n) is 2.17. The van der Waals surface area contributed by atoms with E-state index in [-0.39, 0.29) is 23.4 Å². The molecule has 1 aromatic carbocycles. The molecule has 1 saturated heterocycles. The molecule has 1 atom stereocenters. The third-order valence-corrected chi connectivity index (χ3v) is 5.22. The quantitative estimate of drug-likeness (QED) is 0.769. The van der Waals surface area contributed by atoms with E-state index in [1.54, 1.807) is 12.1 Å². The second-order valence-corrected chi connectivity index (χ2v) is 6.88. The number of benzene rings is 1. The lowest BCUT2D eigenvalue weighted by atomic mass is 10.2. The van der Waals surface area contributed by atoms with Gasteiger partial charge in [0, 0.05) is 13.1 Å². The highest BCUT2D eigenvalue weighted by molar-refractivity contribution is 7.89. The summed E-state index contributed by atoms with van der Waals surface area (Å²) in [6.07, 6.45) is 0.0259. The lowest BCUT2D eigenvalue weighted by Crippen LogP contribution is -2.44. The fraction of sp³-hybridized carbons (Fsp3) is 0.500. The first-order valence-corrected chi connectivity index (χ1v) is 8.15. The van der Waals surface area contributed by atoms with Crippen LogP contribution < -0.4 is 0 Å². The Labute approximate surface area is 124 Å². The van der Waals surface area contributed by atoms with Gasteiger partial charge in [0.2, 0.25) is 10.0 Å². The molecule has 0 bridgehead atoms. The average molecular weight is 313 g/mol. The average Bonchev–Trinajstić information content (AvgIpc) is 2.47. The lowest BCUT2D eigenvalue weighted by molar-refractivity contribution is -0.139. The Kier molecular flexibility index (Phi) is 4.97. The molecule has 0 saturated carbocycles. The Hall–Kier alpha value is -1.44. The summed E-state index contributed by atoms with van der Waals surface area (Å²) in [5.41, 5.74) is 0.719. The molecule has 0 aromatic heterocycles. The van der Waals surface area contributed by atoms with Crippen LogP contribution >= 0.6 is 0 Å². The number of rotatable bonds is 4. The summed E-state index contributed by atoms with van der Waals surface area (Å²) in [4.78, 5) is 11.4. The van der Waals surface area contributed by atoms with Crippen molar-refractivity contribution < 1.29 is 22.7 Å². The van der Waals surface area contributed by atoms with E-state index in [1.807, 2.05) is 6.92 Å². The zero-order chi connectivity index (χ0) is 15.5. The number of hydrogen-bond acceptors (Lipinski definition) is 5. The first kappa shape index (κ1) is 15.9. The molecule has 1 aromatic rings. The van der Waals surface area contributed by atoms with Crippen LogP contribution in [0.5, 0.6) is 0 Å². The van der Waals surface area contributed by atoms with Crippen molar-refractivity contribution in [1.29, 1.82) is 0 Å². The first-order valence-electron chi connectivity index (χ1n) is 6.71. The van der Waals surface area contributed by atoms with Gasteiger partial charge < -0.3 is 9.47 Å². The van der Waals surface area contributed by atoms with Gasteiger partial charge in [-0.2, -0.15) is 4.31 Å². The molecule has 1 aliphatic heterocycles. The highest BCUT2D eigenvalue weighted by Crippen LogP contribution is 2.19. The highest BCUT2D eigenvalue weighted by atomic mass is 32.2. The van der Waals surface area contributed by atoms with Gasteiger partial charge in [0.05, 0.1) is 31.1 Å². The molecule has 0 amide bonds. The maximum absolute atomic E-state index is 12.5. The van der Waals surface area contributed by atoms with Gasteiger partial charge in [-0.1, -0.05) is 12.1 Å². The largest absolute Gasteiger partial charge is 0.469 e. The molecule has 1 aliphatic rings. The van der Waals surface area contributed by atoms with Crippen molar-refractivity contribution in [3.8, 4) is 0 Å². The predicted molar refractivity (Wildman–Crippen MR) is 76.3 cm³/mol. The molecule has 0 N–H and O–H groups in total. The van der Waals surface area contributed by atoms with Crippen molar-refractivity contribution in [3.05, 3.63) is 29.8 Å². The Morgan fingerprint density at radius 1 is 1.38 bits per heavy atom. The number of sulfonamides is 1. The summed E-state index contributed by atoms with van der Waals surface area (Å²) in [5.74, 6) is -0.354. The van der Waals surface area contributed by atoms with Crippen LogP contribution in [0.15, 0.2) is 29.2 Å². The summed E-state index contributed by atoms with van der Waals surface area (Å²) in [5, 5.41) is 0. The molecule has 1 heterocycles. The third kappa shape index (κ3) is 3.81. The number of carbonyl (C=O) groups excluding carboxylic acids is 1. The zero-order valence-corrected chi connectivity index (χ0v) is 12.9. The molecular formula is C14H19NO5S. The van der Waals surface area contributed by atoms with E-state index in [0.29, 0.717) is 19.7 Å². The van der Waals surface area contributed by atoms with Gasteiger partial charge in [0.15, 0.2) is 0 Å². The van der Waals surface area contributed by atoms with E-state index in [2.05, 4.69) is 4.74 Å². The molecule has 116 valence electrons. The van der Waals surface area contributed by atoms with Crippen molar-refractivity contribution in [2.24, 2.45) is 0 Å². The minimum absolute atomic E-state index is 0.105. The van der Waals surface area contributed by atoms with Crippen LogP contribution in [0, 0.1) is 0 Å². The van der Waals surface area contributed by atoms with E-state index in [1.165, 1.54) is 23.5 Å². The maximum atomic E-state index is 12.5. The van der Waals surface area contributed by atoms with Gasteiger partial charge in [-0.3, -0.25) is 4.79 Å². The number of esters is 1. The van der Waals surface area contributed by atoms with E-state index in [4.69, 9.17) is 4.74 Å². The maximum Gasteiger partial charge on any atom is 0.309 e. The first-order chi connectivity index (χ1) is 9.93. The predicted octanol–water partition coefficient (Wildman–Crippen LogP) is 0.811. The molecule has 6 nitrogen and oxygen atoms in total. The SMILES string of the molecule is COC(=O)Cc1ccc(S(=O)(=O)N2CCOC(C)C2)cc1. The van der Waals surface area contributed by atoms with Crippen LogP contribution in [-0.2, 0) is 30.7 Å². The molecule has 21 heavy (non-hydrogen) atoms. The second-order valence-electron chi connectivity index (χ2n) is 4.94. The second kappa shape index (κ2) is 6.55. The molecule has 0 radical (unpaired) electrons. The van der Waals surface area contributed by atoms with Gasteiger partial charge in [-0.15, -0.1) is 0 Å². The van der Waals surface area contributed by atoms with Crippen molar-refractivity contribution >= 4 is 16.0 Å². The van der Waals surface area contributed by atoms with Crippen molar-refractivity contribution in [2.75, 3.05) is 26.8 Å². The minimum Gasteiger partial charge on any atom is -0.469 e. The third-order valence-electron chi connectivity index (χ3n) is 3.34. The van der Waals surface area contributed by atoms with Gasteiger partial charge in [-0.05, 0) is 24.6 Å². The van der Waals surface area contributed by atoms with Crippen LogP contribution in [-0.4, -0.2) is 51.6 Å². The molecule has 0 spiro atoms. The highest BCUT2D eigenvalue weighted by Gasteiger charge is 2.28. The monoisotopic (exact) mass is 313 g/mol. The van der Waals surface area contributed by atoms with Crippen molar-refractivity contribution in [1.82, 2.24) is 4.31 Å². The van der Waals surface area contributed by atoms with Gasteiger partial charge in [0.25, 0.3) is 0 Å². The summed E-state index contributed by atoms with van der Waals surface area (Å²) < 4.78 is 36.4. The standard InChI is InChI=1S/C14H19NO5S/c1-11-10-15(7-8-20-11)21(17,18)13-5-3-12(4-6-13)9-14(16)19-2/h3-6,11H,7-10H2,1-2H3. The lowest BCUT2D eigenvalue weighted by Gasteiger charge is -2.30.